The van der Waals surface area contributed by atoms with Crippen molar-refractivity contribution in [3.63, 3.8) is 0 Å². The van der Waals surface area contributed by atoms with Crippen LogP contribution in [-0.4, -0.2) is 33.7 Å². The van der Waals surface area contributed by atoms with Gasteiger partial charge in [-0.2, -0.15) is 0 Å². The van der Waals surface area contributed by atoms with Crippen LogP contribution in [-0.2, 0) is 18.5 Å². The first kappa shape index (κ1) is 15.1. The molecule has 1 atom stereocenters. The monoisotopic (exact) mass is 326 g/mol. The molecule has 0 N–H and O–H groups in total. The van der Waals surface area contributed by atoms with Crippen LogP contribution in [0.25, 0.3) is 0 Å². The molecule has 20 heavy (non-hydrogen) atoms. The minimum atomic E-state index is -4.29. The number of esters is 1. The molecular weight excluding hydrogens is 318 g/mol. The molecule has 9 heteroatoms. The third-order valence-corrected chi connectivity index (χ3v) is 4.00. The summed E-state index contributed by atoms with van der Waals surface area (Å²) in [6.45, 7) is 0.550. The maximum Gasteiger partial charge on any atom is 0.341 e. The number of ether oxygens (including phenoxy) is 2. The molecule has 0 saturated carbocycles. The molecule has 0 amide bonds. The Hall–Kier alpha value is -1.25. The van der Waals surface area contributed by atoms with Crippen LogP contribution in [0, 0.1) is 11.6 Å². The Morgan fingerprint density at radius 3 is 2.65 bits per heavy atom. The van der Waals surface area contributed by atoms with Crippen molar-refractivity contribution in [2.75, 3.05) is 13.2 Å². The van der Waals surface area contributed by atoms with Crippen LogP contribution in [0.2, 0.25) is 0 Å². The number of carbonyl (C=O) groups is 1. The van der Waals surface area contributed by atoms with Gasteiger partial charge in [0.1, 0.15) is 6.10 Å². The molecule has 1 unspecified atom stereocenters. The molecule has 1 fully saturated rings. The summed E-state index contributed by atoms with van der Waals surface area (Å²) >= 11 is 0. The number of hydrogen-bond acceptors (Lipinski definition) is 5. The van der Waals surface area contributed by atoms with Gasteiger partial charge in [0.05, 0.1) is 23.7 Å². The van der Waals surface area contributed by atoms with Crippen LogP contribution in [0.3, 0.4) is 0 Å². The van der Waals surface area contributed by atoms with E-state index in [-0.39, 0.29) is 6.61 Å². The Morgan fingerprint density at radius 1 is 1.40 bits per heavy atom. The number of carbonyl (C=O) groups excluding carboxylic acids is 1. The summed E-state index contributed by atoms with van der Waals surface area (Å²) in [6.07, 6.45) is -0.134. The number of hydrogen-bond donors (Lipinski definition) is 0. The van der Waals surface area contributed by atoms with Crippen LogP contribution in [0.1, 0.15) is 16.8 Å². The quantitative estimate of drug-likeness (QED) is 0.626. The van der Waals surface area contributed by atoms with Gasteiger partial charge in [0.2, 0.25) is 0 Å². The Balaban J connectivity index is 2.34. The zero-order valence-electron chi connectivity index (χ0n) is 9.94. The van der Waals surface area contributed by atoms with Gasteiger partial charge in [-0.05, 0) is 12.1 Å². The summed E-state index contributed by atoms with van der Waals surface area (Å²) in [7, 11) is 0.749. The van der Waals surface area contributed by atoms with Gasteiger partial charge < -0.3 is 9.47 Å². The molecule has 1 saturated heterocycles. The predicted octanol–water partition coefficient (Wildman–Crippen LogP) is 1.84. The predicted molar refractivity (Wildman–Crippen MR) is 64.0 cm³/mol. The van der Waals surface area contributed by atoms with Crippen molar-refractivity contribution >= 4 is 25.7 Å². The lowest BCUT2D eigenvalue weighted by Crippen LogP contribution is -2.19. The summed E-state index contributed by atoms with van der Waals surface area (Å²) in [6, 6.07) is 1.03. The first-order valence-electron chi connectivity index (χ1n) is 5.51. The maximum atomic E-state index is 13.5. The SMILES string of the molecule is O=C(OC1CCOC1)c1cc(S(=O)(=O)Cl)cc(F)c1F. The zero-order chi connectivity index (χ0) is 14.9. The van der Waals surface area contributed by atoms with Gasteiger partial charge in [0, 0.05) is 17.1 Å². The van der Waals surface area contributed by atoms with Crippen molar-refractivity contribution < 1.29 is 31.5 Å². The summed E-state index contributed by atoms with van der Waals surface area (Å²) in [5.74, 6) is -4.15. The average Bonchev–Trinajstić information content (AvgIpc) is 2.83. The number of rotatable bonds is 3. The summed E-state index contributed by atoms with van der Waals surface area (Å²) in [4.78, 5) is 11.0. The van der Waals surface area contributed by atoms with Crippen LogP contribution in [0.5, 0.6) is 0 Å². The lowest BCUT2D eigenvalue weighted by Gasteiger charge is -2.11. The normalized spacial score (nSPS) is 19.1. The lowest BCUT2D eigenvalue weighted by molar-refractivity contribution is 0.0264. The van der Waals surface area contributed by atoms with Crippen molar-refractivity contribution in [3.05, 3.63) is 29.3 Å². The molecule has 1 heterocycles. The number of halogens is 3. The van der Waals surface area contributed by atoms with Gasteiger partial charge >= 0.3 is 5.97 Å². The first-order chi connectivity index (χ1) is 9.29. The maximum absolute atomic E-state index is 13.5. The van der Waals surface area contributed by atoms with Gasteiger partial charge in [-0.25, -0.2) is 22.0 Å². The standard InChI is InChI=1S/C11H9ClF2O5S/c12-20(16,17)7-3-8(10(14)9(13)4-7)11(15)19-6-1-2-18-5-6/h3-4,6H,1-2,5H2. The first-order valence-corrected chi connectivity index (χ1v) is 7.82. The molecule has 1 aliphatic heterocycles. The van der Waals surface area contributed by atoms with E-state index in [1.54, 1.807) is 0 Å². The molecular formula is C11H9ClF2O5S. The second-order valence-corrected chi connectivity index (χ2v) is 6.66. The van der Waals surface area contributed by atoms with Crippen molar-refractivity contribution in [1.82, 2.24) is 0 Å². The molecule has 0 bridgehead atoms. The van der Waals surface area contributed by atoms with Crippen LogP contribution < -0.4 is 0 Å². The van der Waals surface area contributed by atoms with E-state index in [9.17, 15) is 22.0 Å². The summed E-state index contributed by atoms with van der Waals surface area (Å²) in [5, 5.41) is 0. The molecule has 5 nitrogen and oxygen atoms in total. The van der Waals surface area contributed by atoms with Gasteiger partial charge in [-0.1, -0.05) is 0 Å². The van der Waals surface area contributed by atoms with Crippen LogP contribution >= 0.6 is 10.7 Å². The highest BCUT2D eigenvalue weighted by atomic mass is 35.7. The minimum Gasteiger partial charge on any atom is -0.456 e. The molecule has 1 aromatic rings. The molecule has 2 rings (SSSR count). The molecule has 1 aromatic carbocycles. The summed E-state index contributed by atoms with van der Waals surface area (Å²) in [5.41, 5.74) is -0.823. The van der Waals surface area contributed by atoms with E-state index in [1.807, 2.05) is 0 Å². The molecule has 0 aromatic heterocycles. The fraction of sp³-hybridized carbons (Fsp3) is 0.364. The number of benzene rings is 1. The lowest BCUT2D eigenvalue weighted by atomic mass is 10.2. The average molecular weight is 327 g/mol. The fourth-order valence-corrected chi connectivity index (χ4v) is 2.44. The zero-order valence-corrected chi connectivity index (χ0v) is 11.5. The van der Waals surface area contributed by atoms with Gasteiger partial charge in [0.25, 0.3) is 9.05 Å². The van der Waals surface area contributed by atoms with E-state index in [0.717, 1.165) is 0 Å². The Bertz CT molecular complexity index is 640. The van der Waals surface area contributed by atoms with Gasteiger partial charge in [0.15, 0.2) is 11.6 Å². The highest BCUT2D eigenvalue weighted by Crippen LogP contribution is 2.23. The molecule has 0 aliphatic carbocycles. The third kappa shape index (κ3) is 3.25. The topological polar surface area (TPSA) is 69.7 Å². The van der Waals surface area contributed by atoms with Gasteiger partial charge in [-0.15, -0.1) is 0 Å². The second kappa shape index (κ2) is 5.63. The van der Waals surface area contributed by atoms with Gasteiger partial charge in [-0.3, -0.25) is 0 Å². The van der Waals surface area contributed by atoms with E-state index in [0.29, 0.717) is 25.2 Å². The van der Waals surface area contributed by atoms with E-state index < -0.39 is 43.2 Å². The van der Waals surface area contributed by atoms with Crippen molar-refractivity contribution in [2.24, 2.45) is 0 Å². The van der Waals surface area contributed by atoms with E-state index in [4.69, 9.17) is 20.2 Å². The summed E-state index contributed by atoms with van der Waals surface area (Å²) < 4.78 is 59.0. The van der Waals surface area contributed by atoms with Crippen molar-refractivity contribution in [1.29, 1.82) is 0 Å². The fourth-order valence-electron chi connectivity index (χ4n) is 1.67. The highest BCUT2D eigenvalue weighted by molar-refractivity contribution is 8.13. The minimum absolute atomic E-state index is 0.156. The Morgan fingerprint density at radius 2 is 2.10 bits per heavy atom. The van der Waals surface area contributed by atoms with E-state index in [2.05, 4.69) is 0 Å². The van der Waals surface area contributed by atoms with Crippen LogP contribution in [0.15, 0.2) is 17.0 Å². The van der Waals surface area contributed by atoms with Crippen molar-refractivity contribution in [2.45, 2.75) is 17.4 Å². The molecule has 110 valence electrons. The molecule has 0 radical (unpaired) electrons. The third-order valence-electron chi connectivity index (χ3n) is 2.66. The Kier molecular flexibility index (Phi) is 4.26. The highest BCUT2D eigenvalue weighted by Gasteiger charge is 2.26. The largest absolute Gasteiger partial charge is 0.456 e. The second-order valence-electron chi connectivity index (χ2n) is 4.10. The molecule has 0 spiro atoms. The Labute approximate surface area is 117 Å². The van der Waals surface area contributed by atoms with Crippen molar-refractivity contribution in [3.8, 4) is 0 Å². The van der Waals surface area contributed by atoms with E-state index >= 15 is 0 Å². The smallest absolute Gasteiger partial charge is 0.341 e. The van der Waals surface area contributed by atoms with Crippen LogP contribution in [0.4, 0.5) is 8.78 Å². The molecule has 1 aliphatic rings. The van der Waals surface area contributed by atoms with E-state index in [1.165, 1.54) is 0 Å².